The van der Waals surface area contributed by atoms with Gasteiger partial charge in [-0.15, -0.1) is 0 Å². The smallest absolute Gasteiger partial charge is 0.0713 e. The van der Waals surface area contributed by atoms with Crippen LogP contribution in [-0.4, -0.2) is 13.7 Å². The van der Waals surface area contributed by atoms with Crippen LogP contribution in [-0.2, 0) is 17.9 Å². The Bertz CT molecular complexity index is 269. The third-order valence-corrected chi connectivity index (χ3v) is 2.62. The van der Waals surface area contributed by atoms with Crippen molar-refractivity contribution < 1.29 is 4.74 Å². The number of unbranched alkanes of at least 4 members (excludes halogenated alkanes) is 2. The van der Waals surface area contributed by atoms with Crippen LogP contribution in [0, 0.1) is 0 Å². The van der Waals surface area contributed by atoms with Gasteiger partial charge in [-0.05, 0) is 24.1 Å². The number of methoxy groups -OCH3 is 1. The molecular formula is C14H23NO. The summed E-state index contributed by atoms with van der Waals surface area (Å²) in [5, 5.41) is 3.46. The van der Waals surface area contributed by atoms with Gasteiger partial charge in [-0.25, -0.2) is 0 Å². The Labute approximate surface area is 99.0 Å². The second kappa shape index (κ2) is 8.31. The van der Waals surface area contributed by atoms with Gasteiger partial charge >= 0.3 is 0 Å². The van der Waals surface area contributed by atoms with Crippen LogP contribution in [0.25, 0.3) is 0 Å². The van der Waals surface area contributed by atoms with E-state index in [1.165, 1.54) is 30.4 Å². The first-order valence-electron chi connectivity index (χ1n) is 6.14. The number of benzene rings is 1. The first kappa shape index (κ1) is 13.2. The van der Waals surface area contributed by atoms with Gasteiger partial charge in [0.05, 0.1) is 6.61 Å². The molecule has 16 heavy (non-hydrogen) atoms. The summed E-state index contributed by atoms with van der Waals surface area (Å²) in [6.07, 6.45) is 3.88. The lowest BCUT2D eigenvalue weighted by Gasteiger charge is -2.05. The van der Waals surface area contributed by atoms with Crippen LogP contribution in [0.1, 0.15) is 37.3 Å². The molecule has 0 saturated heterocycles. The van der Waals surface area contributed by atoms with Crippen LogP contribution < -0.4 is 5.32 Å². The standard InChI is InChI=1S/C14H23NO/c1-3-4-5-10-15-11-13-6-8-14(9-7-13)12-16-2/h6-9,15H,3-5,10-12H2,1-2H3. The van der Waals surface area contributed by atoms with E-state index in [-0.39, 0.29) is 0 Å². The molecule has 90 valence electrons. The van der Waals surface area contributed by atoms with Gasteiger partial charge in [0.25, 0.3) is 0 Å². The van der Waals surface area contributed by atoms with Crippen molar-refractivity contribution in [1.82, 2.24) is 5.32 Å². The van der Waals surface area contributed by atoms with Crippen molar-refractivity contribution >= 4 is 0 Å². The van der Waals surface area contributed by atoms with E-state index in [2.05, 4.69) is 36.5 Å². The zero-order valence-corrected chi connectivity index (χ0v) is 10.5. The normalized spacial score (nSPS) is 10.6. The van der Waals surface area contributed by atoms with Crippen LogP contribution >= 0.6 is 0 Å². The predicted octanol–water partition coefficient (Wildman–Crippen LogP) is 3.11. The van der Waals surface area contributed by atoms with Gasteiger partial charge in [0.15, 0.2) is 0 Å². The third kappa shape index (κ3) is 5.29. The van der Waals surface area contributed by atoms with Gasteiger partial charge < -0.3 is 10.1 Å². The molecule has 1 N–H and O–H groups in total. The highest BCUT2D eigenvalue weighted by Crippen LogP contribution is 2.05. The van der Waals surface area contributed by atoms with Crippen LogP contribution in [0.5, 0.6) is 0 Å². The summed E-state index contributed by atoms with van der Waals surface area (Å²) < 4.78 is 5.08. The van der Waals surface area contributed by atoms with Crippen LogP contribution in [0.2, 0.25) is 0 Å². The molecule has 1 aromatic carbocycles. The molecular weight excluding hydrogens is 198 g/mol. The number of hydrogen-bond acceptors (Lipinski definition) is 2. The fourth-order valence-corrected chi connectivity index (χ4v) is 1.65. The van der Waals surface area contributed by atoms with Gasteiger partial charge in [0, 0.05) is 13.7 Å². The van der Waals surface area contributed by atoms with Gasteiger partial charge in [0.1, 0.15) is 0 Å². The fraction of sp³-hybridized carbons (Fsp3) is 0.571. The molecule has 0 unspecified atom stereocenters. The van der Waals surface area contributed by atoms with Crippen molar-refractivity contribution in [3.05, 3.63) is 35.4 Å². The van der Waals surface area contributed by atoms with Crippen LogP contribution in [0.15, 0.2) is 24.3 Å². The van der Waals surface area contributed by atoms with E-state index < -0.39 is 0 Å². The molecule has 0 aliphatic heterocycles. The molecule has 0 amide bonds. The minimum atomic E-state index is 0.699. The molecule has 0 fully saturated rings. The molecule has 0 radical (unpaired) electrons. The summed E-state index contributed by atoms with van der Waals surface area (Å²) >= 11 is 0. The van der Waals surface area contributed by atoms with Crippen molar-refractivity contribution in [1.29, 1.82) is 0 Å². The topological polar surface area (TPSA) is 21.3 Å². The number of nitrogens with one attached hydrogen (secondary N) is 1. The summed E-state index contributed by atoms with van der Waals surface area (Å²) in [4.78, 5) is 0. The van der Waals surface area contributed by atoms with E-state index in [4.69, 9.17) is 4.74 Å². The molecule has 0 aliphatic carbocycles. The maximum atomic E-state index is 5.08. The molecule has 1 aromatic rings. The first-order valence-corrected chi connectivity index (χ1v) is 6.14. The number of ether oxygens (including phenoxy) is 1. The molecule has 0 spiro atoms. The highest BCUT2D eigenvalue weighted by molar-refractivity contribution is 5.21. The lowest BCUT2D eigenvalue weighted by atomic mass is 10.1. The lowest BCUT2D eigenvalue weighted by molar-refractivity contribution is 0.185. The number of hydrogen-bond donors (Lipinski definition) is 1. The zero-order chi connectivity index (χ0) is 11.6. The Morgan fingerprint density at radius 3 is 2.38 bits per heavy atom. The molecule has 1 rings (SSSR count). The van der Waals surface area contributed by atoms with E-state index in [9.17, 15) is 0 Å². The molecule has 0 saturated carbocycles. The average Bonchev–Trinajstić information content (AvgIpc) is 2.31. The Morgan fingerprint density at radius 2 is 1.75 bits per heavy atom. The average molecular weight is 221 g/mol. The van der Waals surface area contributed by atoms with Gasteiger partial charge in [0.2, 0.25) is 0 Å². The van der Waals surface area contributed by atoms with Crippen molar-refractivity contribution in [2.75, 3.05) is 13.7 Å². The maximum Gasteiger partial charge on any atom is 0.0713 e. The summed E-state index contributed by atoms with van der Waals surface area (Å²) in [6.45, 7) is 5.02. The Morgan fingerprint density at radius 1 is 1.06 bits per heavy atom. The van der Waals surface area contributed by atoms with E-state index in [0.29, 0.717) is 6.61 Å². The highest BCUT2D eigenvalue weighted by Gasteiger charge is 1.94. The van der Waals surface area contributed by atoms with Crippen LogP contribution in [0.4, 0.5) is 0 Å². The van der Waals surface area contributed by atoms with Crippen molar-refractivity contribution in [3.63, 3.8) is 0 Å². The van der Waals surface area contributed by atoms with Crippen LogP contribution in [0.3, 0.4) is 0 Å². The zero-order valence-electron chi connectivity index (χ0n) is 10.5. The van der Waals surface area contributed by atoms with E-state index in [1.54, 1.807) is 7.11 Å². The van der Waals surface area contributed by atoms with Gasteiger partial charge in [-0.1, -0.05) is 44.0 Å². The monoisotopic (exact) mass is 221 g/mol. The first-order chi connectivity index (χ1) is 7.86. The minimum Gasteiger partial charge on any atom is -0.380 e. The largest absolute Gasteiger partial charge is 0.380 e. The van der Waals surface area contributed by atoms with Crippen molar-refractivity contribution in [2.45, 2.75) is 39.3 Å². The second-order valence-corrected chi connectivity index (χ2v) is 4.13. The molecule has 0 atom stereocenters. The minimum absolute atomic E-state index is 0.699. The van der Waals surface area contributed by atoms with Crippen molar-refractivity contribution in [2.24, 2.45) is 0 Å². The maximum absolute atomic E-state index is 5.08. The highest BCUT2D eigenvalue weighted by atomic mass is 16.5. The second-order valence-electron chi connectivity index (χ2n) is 4.13. The third-order valence-electron chi connectivity index (χ3n) is 2.62. The van der Waals surface area contributed by atoms with Crippen molar-refractivity contribution in [3.8, 4) is 0 Å². The summed E-state index contributed by atoms with van der Waals surface area (Å²) in [6, 6.07) is 8.60. The fourth-order valence-electron chi connectivity index (χ4n) is 1.65. The van der Waals surface area contributed by atoms with Gasteiger partial charge in [-0.2, -0.15) is 0 Å². The summed E-state index contributed by atoms with van der Waals surface area (Å²) in [7, 11) is 1.73. The molecule has 0 bridgehead atoms. The van der Waals surface area contributed by atoms with E-state index in [1.807, 2.05) is 0 Å². The summed E-state index contributed by atoms with van der Waals surface area (Å²) in [5.74, 6) is 0. The molecule has 0 aromatic heterocycles. The SMILES string of the molecule is CCCCCNCc1ccc(COC)cc1. The Balaban J connectivity index is 2.21. The Hall–Kier alpha value is -0.860. The summed E-state index contributed by atoms with van der Waals surface area (Å²) in [5.41, 5.74) is 2.58. The van der Waals surface area contributed by atoms with E-state index in [0.717, 1.165) is 13.1 Å². The molecule has 0 aliphatic rings. The Kier molecular flexibility index (Phi) is 6.86. The molecule has 2 nitrogen and oxygen atoms in total. The molecule has 0 heterocycles. The lowest BCUT2D eigenvalue weighted by Crippen LogP contribution is -2.14. The number of rotatable bonds is 8. The molecule has 2 heteroatoms. The van der Waals surface area contributed by atoms with Gasteiger partial charge in [-0.3, -0.25) is 0 Å². The van der Waals surface area contributed by atoms with E-state index >= 15 is 0 Å². The predicted molar refractivity (Wildman–Crippen MR) is 68.4 cm³/mol. The quantitative estimate of drug-likeness (QED) is 0.681.